The van der Waals surface area contributed by atoms with Crippen LogP contribution in [0.3, 0.4) is 0 Å². The van der Waals surface area contributed by atoms with E-state index in [1.807, 2.05) is 6.92 Å². The fourth-order valence-corrected chi connectivity index (χ4v) is 2.74. The van der Waals surface area contributed by atoms with Gasteiger partial charge in [0.1, 0.15) is 4.90 Å². The molecule has 90 valence electrons. The molecule has 0 radical (unpaired) electrons. The molecule has 0 aliphatic rings. The van der Waals surface area contributed by atoms with Gasteiger partial charge in [-0.15, -0.1) is 0 Å². The molecule has 0 atom stereocenters. The van der Waals surface area contributed by atoms with Gasteiger partial charge in [-0.25, -0.2) is 18.4 Å². The van der Waals surface area contributed by atoms with Crippen molar-refractivity contribution in [1.29, 1.82) is 0 Å². The van der Waals surface area contributed by atoms with E-state index < -0.39 is 10.0 Å². The van der Waals surface area contributed by atoms with Gasteiger partial charge in [-0.05, 0) is 6.42 Å². The van der Waals surface area contributed by atoms with Crippen molar-refractivity contribution in [2.24, 2.45) is 0 Å². The highest BCUT2D eigenvalue weighted by atomic mass is 32.2. The van der Waals surface area contributed by atoms with Crippen molar-refractivity contribution < 1.29 is 8.42 Å². The Morgan fingerprint density at radius 3 is 2.31 bits per heavy atom. The second-order valence-electron chi connectivity index (χ2n) is 3.27. The topological polar surface area (TPSA) is 89.2 Å². The fourth-order valence-electron chi connectivity index (χ4n) is 1.31. The lowest BCUT2D eigenvalue weighted by Gasteiger charge is -2.19. The summed E-state index contributed by atoms with van der Waals surface area (Å²) >= 11 is 0. The van der Waals surface area contributed by atoms with E-state index in [0.717, 1.165) is 6.42 Å². The van der Waals surface area contributed by atoms with Gasteiger partial charge in [0.05, 0.1) is 12.4 Å². The van der Waals surface area contributed by atoms with Crippen LogP contribution in [0.25, 0.3) is 0 Å². The molecule has 0 unspecified atom stereocenters. The second-order valence-corrected chi connectivity index (χ2v) is 5.21. The van der Waals surface area contributed by atoms with E-state index in [1.165, 1.54) is 16.7 Å². The van der Waals surface area contributed by atoms with E-state index >= 15 is 0 Å². The van der Waals surface area contributed by atoms with Gasteiger partial charge >= 0.3 is 0 Å². The minimum Gasteiger partial charge on any atom is -0.368 e. The first-order valence-electron chi connectivity index (χ1n) is 5.10. The minimum absolute atomic E-state index is 0.0671. The van der Waals surface area contributed by atoms with Crippen molar-refractivity contribution in [2.75, 3.05) is 18.8 Å². The zero-order valence-corrected chi connectivity index (χ0v) is 10.2. The first-order chi connectivity index (χ1) is 7.52. The molecule has 0 bridgehead atoms. The van der Waals surface area contributed by atoms with Crippen LogP contribution in [0.1, 0.15) is 20.3 Å². The Morgan fingerprint density at radius 1 is 1.31 bits per heavy atom. The number of rotatable bonds is 5. The predicted octanol–water partition coefficient (Wildman–Crippen LogP) is 0.479. The molecule has 16 heavy (non-hydrogen) atoms. The Morgan fingerprint density at radius 2 is 1.88 bits per heavy atom. The first kappa shape index (κ1) is 12.9. The number of hydrogen-bond acceptors (Lipinski definition) is 5. The standard InChI is InChI=1S/C9H16N4O2S/c1-3-5-13(4-2)16(14,15)8-6-11-9(10)12-7-8/h6-7H,3-5H2,1-2H3,(H2,10,11,12). The summed E-state index contributed by atoms with van der Waals surface area (Å²) in [6.45, 7) is 4.65. The largest absolute Gasteiger partial charge is 0.368 e. The summed E-state index contributed by atoms with van der Waals surface area (Å²) in [7, 11) is -3.48. The van der Waals surface area contributed by atoms with Crippen LogP contribution in [0.4, 0.5) is 5.95 Å². The van der Waals surface area contributed by atoms with Crippen LogP contribution in [0, 0.1) is 0 Å². The Labute approximate surface area is 95.6 Å². The van der Waals surface area contributed by atoms with Gasteiger partial charge in [-0.1, -0.05) is 13.8 Å². The molecule has 6 nitrogen and oxygen atoms in total. The van der Waals surface area contributed by atoms with Gasteiger partial charge in [0.25, 0.3) is 0 Å². The summed E-state index contributed by atoms with van der Waals surface area (Å²) in [4.78, 5) is 7.45. The fraction of sp³-hybridized carbons (Fsp3) is 0.556. The molecule has 0 saturated carbocycles. The van der Waals surface area contributed by atoms with E-state index in [9.17, 15) is 8.42 Å². The number of hydrogen-bond donors (Lipinski definition) is 1. The van der Waals surface area contributed by atoms with Crippen molar-refractivity contribution in [1.82, 2.24) is 14.3 Å². The van der Waals surface area contributed by atoms with Crippen LogP contribution >= 0.6 is 0 Å². The summed E-state index contributed by atoms with van der Waals surface area (Å²) in [5, 5.41) is 0. The van der Waals surface area contributed by atoms with E-state index in [4.69, 9.17) is 5.73 Å². The van der Waals surface area contributed by atoms with Crippen LogP contribution in [-0.4, -0.2) is 35.8 Å². The normalized spacial score (nSPS) is 11.9. The number of aromatic nitrogens is 2. The SMILES string of the molecule is CCCN(CC)S(=O)(=O)c1cnc(N)nc1. The molecule has 2 N–H and O–H groups in total. The van der Waals surface area contributed by atoms with Gasteiger partial charge in [-0.2, -0.15) is 4.31 Å². The van der Waals surface area contributed by atoms with Crippen molar-refractivity contribution in [3.63, 3.8) is 0 Å². The molecule has 7 heteroatoms. The van der Waals surface area contributed by atoms with Crippen LogP contribution in [0.2, 0.25) is 0 Å². The Balaban J connectivity index is 3.04. The highest BCUT2D eigenvalue weighted by Gasteiger charge is 2.22. The Bertz CT molecular complexity index is 429. The van der Waals surface area contributed by atoms with E-state index in [-0.39, 0.29) is 10.8 Å². The number of sulfonamides is 1. The van der Waals surface area contributed by atoms with Gasteiger partial charge in [-0.3, -0.25) is 0 Å². The lowest BCUT2D eigenvalue weighted by Crippen LogP contribution is -2.31. The maximum absolute atomic E-state index is 12.1. The number of nitrogens with zero attached hydrogens (tertiary/aromatic N) is 3. The highest BCUT2D eigenvalue weighted by Crippen LogP contribution is 2.13. The average molecular weight is 244 g/mol. The van der Waals surface area contributed by atoms with Gasteiger partial charge in [0.15, 0.2) is 0 Å². The lowest BCUT2D eigenvalue weighted by atomic mass is 10.5. The van der Waals surface area contributed by atoms with Crippen molar-refractivity contribution in [3.05, 3.63) is 12.4 Å². The van der Waals surface area contributed by atoms with Crippen LogP contribution in [-0.2, 0) is 10.0 Å². The van der Waals surface area contributed by atoms with Gasteiger partial charge in [0, 0.05) is 13.1 Å². The highest BCUT2D eigenvalue weighted by molar-refractivity contribution is 7.89. The summed E-state index contributed by atoms with van der Waals surface area (Å²) in [6, 6.07) is 0. The monoisotopic (exact) mass is 244 g/mol. The average Bonchev–Trinajstić information content (AvgIpc) is 2.26. The maximum Gasteiger partial charge on any atom is 0.246 e. The molecule has 0 aliphatic carbocycles. The summed E-state index contributed by atoms with van der Waals surface area (Å²) in [5.74, 6) is 0.0671. The first-order valence-corrected chi connectivity index (χ1v) is 6.54. The quantitative estimate of drug-likeness (QED) is 0.813. The molecule has 0 amide bonds. The smallest absolute Gasteiger partial charge is 0.246 e. The van der Waals surface area contributed by atoms with Crippen molar-refractivity contribution in [3.8, 4) is 0 Å². The predicted molar refractivity (Wildman–Crippen MR) is 61.2 cm³/mol. The molecule has 0 fully saturated rings. The van der Waals surface area contributed by atoms with Gasteiger partial charge in [0.2, 0.25) is 16.0 Å². The molecular formula is C9H16N4O2S. The zero-order valence-electron chi connectivity index (χ0n) is 9.42. The van der Waals surface area contributed by atoms with Crippen molar-refractivity contribution >= 4 is 16.0 Å². The van der Waals surface area contributed by atoms with E-state index in [1.54, 1.807) is 6.92 Å². The van der Waals surface area contributed by atoms with E-state index in [0.29, 0.717) is 13.1 Å². The van der Waals surface area contributed by atoms with E-state index in [2.05, 4.69) is 9.97 Å². The summed E-state index contributed by atoms with van der Waals surface area (Å²) < 4.78 is 25.5. The second kappa shape index (κ2) is 5.22. The van der Waals surface area contributed by atoms with Crippen molar-refractivity contribution in [2.45, 2.75) is 25.2 Å². The molecule has 1 heterocycles. The number of nitrogens with two attached hydrogens (primary N) is 1. The van der Waals surface area contributed by atoms with Crippen LogP contribution < -0.4 is 5.73 Å². The molecule has 0 spiro atoms. The zero-order chi connectivity index (χ0) is 12.2. The Hall–Kier alpha value is -1.21. The third kappa shape index (κ3) is 2.67. The molecule has 0 aliphatic heterocycles. The van der Waals surface area contributed by atoms with Crippen LogP contribution in [0.5, 0.6) is 0 Å². The molecule has 1 rings (SSSR count). The number of nitrogen functional groups attached to an aromatic ring is 1. The van der Waals surface area contributed by atoms with Crippen LogP contribution in [0.15, 0.2) is 17.3 Å². The summed E-state index contributed by atoms with van der Waals surface area (Å²) in [6.07, 6.45) is 3.23. The summed E-state index contributed by atoms with van der Waals surface area (Å²) in [5.41, 5.74) is 5.31. The Kier molecular flexibility index (Phi) is 4.19. The van der Waals surface area contributed by atoms with Gasteiger partial charge < -0.3 is 5.73 Å². The molecule has 0 aromatic carbocycles. The minimum atomic E-state index is -3.48. The molecule has 0 saturated heterocycles. The third-order valence-electron chi connectivity index (χ3n) is 2.11. The lowest BCUT2D eigenvalue weighted by molar-refractivity contribution is 0.426. The third-order valence-corrected chi connectivity index (χ3v) is 4.04. The number of anilines is 1. The molecule has 1 aromatic rings. The molecular weight excluding hydrogens is 228 g/mol. The maximum atomic E-state index is 12.1. The molecule has 1 aromatic heterocycles.